The van der Waals surface area contributed by atoms with Crippen LogP contribution < -0.4 is 0 Å². The van der Waals surface area contributed by atoms with Crippen molar-refractivity contribution in [3.8, 4) is 0 Å². The van der Waals surface area contributed by atoms with Gasteiger partial charge in [-0.15, -0.1) is 0 Å². The molecular weight excluding hydrogens is 226 g/mol. The molecule has 106 valence electrons. The zero-order valence-corrected chi connectivity index (χ0v) is 12.4. The molecule has 0 amide bonds. The van der Waals surface area contributed by atoms with Crippen molar-refractivity contribution in [2.45, 2.75) is 71.9 Å². The summed E-state index contributed by atoms with van der Waals surface area (Å²) in [4.78, 5) is 13.9. The maximum Gasteiger partial charge on any atom is 0.308 e. The molecule has 1 rings (SSSR count). The van der Waals surface area contributed by atoms with Gasteiger partial charge in [0.05, 0.1) is 5.92 Å². The average Bonchev–Trinajstić information content (AvgIpc) is 2.50. The average molecular weight is 255 g/mol. The van der Waals surface area contributed by atoms with E-state index in [2.05, 4.69) is 32.6 Å². The number of nitrogens with zero attached hydrogens (tertiary/aromatic N) is 1. The van der Waals surface area contributed by atoms with Gasteiger partial charge < -0.3 is 5.11 Å². The summed E-state index contributed by atoms with van der Waals surface area (Å²) in [5.74, 6) is -0.185. The SMILES string of the molecule is CC(C)CN(C(C)C)C1CCCCCC1C(=O)O. The molecule has 0 bridgehead atoms. The fourth-order valence-corrected chi connectivity index (χ4v) is 3.12. The molecule has 0 saturated heterocycles. The highest BCUT2D eigenvalue weighted by atomic mass is 16.4. The van der Waals surface area contributed by atoms with Crippen molar-refractivity contribution in [3.63, 3.8) is 0 Å². The van der Waals surface area contributed by atoms with Gasteiger partial charge in [0.25, 0.3) is 0 Å². The fraction of sp³-hybridized carbons (Fsp3) is 0.933. The van der Waals surface area contributed by atoms with Gasteiger partial charge in [-0.25, -0.2) is 0 Å². The van der Waals surface area contributed by atoms with Gasteiger partial charge in [0, 0.05) is 18.6 Å². The zero-order valence-electron chi connectivity index (χ0n) is 12.4. The summed E-state index contributed by atoms with van der Waals surface area (Å²) < 4.78 is 0. The molecule has 0 aromatic rings. The molecule has 1 aliphatic rings. The Balaban J connectivity index is 2.85. The molecule has 0 aromatic heterocycles. The highest BCUT2D eigenvalue weighted by molar-refractivity contribution is 5.70. The molecule has 1 saturated carbocycles. The first-order valence-corrected chi connectivity index (χ1v) is 7.42. The molecule has 3 heteroatoms. The van der Waals surface area contributed by atoms with E-state index in [1.165, 1.54) is 12.8 Å². The van der Waals surface area contributed by atoms with E-state index in [0.717, 1.165) is 25.8 Å². The Labute approximate surface area is 112 Å². The largest absolute Gasteiger partial charge is 0.481 e. The molecule has 0 aromatic carbocycles. The minimum atomic E-state index is -0.601. The minimum Gasteiger partial charge on any atom is -0.481 e. The lowest BCUT2D eigenvalue weighted by atomic mass is 9.91. The van der Waals surface area contributed by atoms with Crippen LogP contribution in [0, 0.1) is 11.8 Å². The Bertz CT molecular complexity index is 263. The summed E-state index contributed by atoms with van der Waals surface area (Å²) in [5, 5.41) is 9.47. The van der Waals surface area contributed by atoms with E-state index in [1.807, 2.05) is 0 Å². The lowest BCUT2D eigenvalue weighted by molar-refractivity contribution is -0.145. The Morgan fingerprint density at radius 3 is 2.28 bits per heavy atom. The predicted octanol–water partition coefficient (Wildman–Crippen LogP) is 3.39. The second-order valence-corrected chi connectivity index (χ2v) is 6.33. The van der Waals surface area contributed by atoms with Gasteiger partial charge in [-0.1, -0.05) is 33.1 Å². The summed E-state index contributed by atoms with van der Waals surface area (Å²) in [6.07, 6.45) is 5.33. The maximum absolute atomic E-state index is 11.5. The Hall–Kier alpha value is -0.570. The van der Waals surface area contributed by atoms with Crippen LogP contribution in [0.5, 0.6) is 0 Å². The van der Waals surface area contributed by atoms with Gasteiger partial charge in [0.15, 0.2) is 0 Å². The third kappa shape index (κ3) is 4.27. The Morgan fingerprint density at radius 2 is 1.78 bits per heavy atom. The van der Waals surface area contributed by atoms with Gasteiger partial charge in [0.2, 0.25) is 0 Å². The van der Waals surface area contributed by atoms with E-state index in [0.29, 0.717) is 12.0 Å². The van der Waals surface area contributed by atoms with Gasteiger partial charge in [-0.3, -0.25) is 9.69 Å². The molecule has 1 fully saturated rings. The van der Waals surface area contributed by atoms with Crippen LogP contribution in [-0.4, -0.2) is 34.6 Å². The van der Waals surface area contributed by atoms with Gasteiger partial charge in [0.1, 0.15) is 0 Å². The molecule has 2 unspecified atom stereocenters. The molecule has 0 radical (unpaired) electrons. The molecular formula is C15H29NO2. The van der Waals surface area contributed by atoms with Crippen LogP contribution in [0.15, 0.2) is 0 Å². The van der Waals surface area contributed by atoms with Gasteiger partial charge in [-0.2, -0.15) is 0 Å². The molecule has 2 atom stereocenters. The monoisotopic (exact) mass is 255 g/mol. The van der Waals surface area contributed by atoms with E-state index in [9.17, 15) is 9.90 Å². The molecule has 18 heavy (non-hydrogen) atoms. The fourth-order valence-electron chi connectivity index (χ4n) is 3.12. The summed E-state index contributed by atoms with van der Waals surface area (Å²) in [6.45, 7) is 9.80. The molecule has 3 nitrogen and oxygen atoms in total. The van der Waals surface area contributed by atoms with E-state index >= 15 is 0 Å². The predicted molar refractivity (Wildman–Crippen MR) is 74.7 cm³/mol. The number of carbonyl (C=O) groups is 1. The van der Waals surface area contributed by atoms with Crippen LogP contribution in [0.4, 0.5) is 0 Å². The van der Waals surface area contributed by atoms with E-state index in [4.69, 9.17) is 0 Å². The van der Waals surface area contributed by atoms with Crippen molar-refractivity contribution in [1.29, 1.82) is 0 Å². The van der Waals surface area contributed by atoms with Crippen molar-refractivity contribution in [3.05, 3.63) is 0 Å². The number of hydrogen-bond acceptors (Lipinski definition) is 2. The quantitative estimate of drug-likeness (QED) is 0.766. The van der Waals surface area contributed by atoms with Crippen LogP contribution in [0.2, 0.25) is 0 Å². The summed E-state index contributed by atoms with van der Waals surface area (Å²) in [6, 6.07) is 0.657. The molecule has 1 N–H and O–H groups in total. The minimum absolute atomic E-state index is 0.173. The lowest BCUT2D eigenvalue weighted by Crippen LogP contribution is -2.48. The van der Waals surface area contributed by atoms with Crippen LogP contribution in [0.3, 0.4) is 0 Å². The number of carboxylic acids is 1. The highest BCUT2D eigenvalue weighted by Crippen LogP contribution is 2.29. The summed E-state index contributed by atoms with van der Waals surface area (Å²) in [7, 11) is 0. The number of aliphatic carboxylic acids is 1. The highest BCUT2D eigenvalue weighted by Gasteiger charge is 2.34. The molecule has 0 aliphatic heterocycles. The van der Waals surface area contributed by atoms with Crippen LogP contribution in [0.25, 0.3) is 0 Å². The normalized spacial score (nSPS) is 25.7. The number of rotatable bonds is 5. The second kappa shape index (κ2) is 7.13. The van der Waals surface area contributed by atoms with Gasteiger partial charge in [-0.05, 0) is 32.6 Å². The van der Waals surface area contributed by atoms with Gasteiger partial charge >= 0.3 is 5.97 Å². The Kier molecular flexibility index (Phi) is 6.13. The topological polar surface area (TPSA) is 40.5 Å². The van der Waals surface area contributed by atoms with Crippen molar-refractivity contribution >= 4 is 5.97 Å². The smallest absolute Gasteiger partial charge is 0.308 e. The molecule has 0 spiro atoms. The van der Waals surface area contributed by atoms with Crippen molar-refractivity contribution in [2.24, 2.45) is 11.8 Å². The number of hydrogen-bond donors (Lipinski definition) is 1. The summed E-state index contributed by atoms with van der Waals surface area (Å²) >= 11 is 0. The second-order valence-electron chi connectivity index (χ2n) is 6.33. The van der Waals surface area contributed by atoms with E-state index in [1.54, 1.807) is 0 Å². The first kappa shape index (κ1) is 15.5. The van der Waals surface area contributed by atoms with E-state index in [-0.39, 0.29) is 12.0 Å². The van der Waals surface area contributed by atoms with Crippen LogP contribution in [-0.2, 0) is 4.79 Å². The van der Waals surface area contributed by atoms with Crippen molar-refractivity contribution in [2.75, 3.05) is 6.54 Å². The van der Waals surface area contributed by atoms with E-state index < -0.39 is 5.97 Å². The summed E-state index contributed by atoms with van der Waals surface area (Å²) in [5.41, 5.74) is 0. The van der Waals surface area contributed by atoms with Crippen LogP contribution >= 0.6 is 0 Å². The third-order valence-corrected chi connectivity index (χ3v) is 3.96. The molecule has 1 aliphatic carbocycles. The number of carboxylic acid groups (broad SMARTS) is 1. The third-order valence-electron chi connectivity index (χ3n) is 3.96. The Morgan fingerprint density at radius 1 is 1.17 bits per heavy atom. The lowest BCUT2D eigenvalue weighted by Gasteiger charge is -2.38. The zero-order chi connectivity index (χ0) is 13.7. The maximum atomic E-state index is 11.5. The standard InChI is InChI=1S/C15H29NO2/c1-11(2)10-16(12(3)4)14-9-7-5-6-8-13(14)15(17)18/h11-14H,5-10H2,1-4H3,(H,17,18). The molecule has 0 heterocycles. The first-order chi connectivity index (χ1) is 8.43. The first-order valence-electron chi connectivity index (χ1n) is 7.42. The van der Waals surface area contributed by atoms with Crippen LogP contribution in [0.1, 0.15) is 59.8 Å². The van der Waals surface area contributed by atoms with Crippen molar-refractivity contribution < 1.29 is 9.90 Å². The van der Waals surface area contributed by atoms with Crippen molar-refractivity contribution in [1.82, 2.24) is 4.90 Å².